The van der Waals surface area contributed by atoms with Crippen LogP contribution in [-0.4, -0.2) is 47.6 Å². The number of amides is 1. The summed E-state index contributed by atoms with van der Waals surface area (Å²) in [5.41, 5.74) is 5.21. The molecule has 1 heterocycles. The van der Waals surface area contributed by atoms with Crippen molar-refractivity contribution in [2.45, 2.75) is 19.9 Å². The summed E-state index contributed by atoms with van der Waals surface area (Å²) in [7, 11) is 3.15. The number of aromatic nitrogens is 3. The first kappa shape index (κ1) is 13.9. The van der Waals surface area contributed by atoms with Gasteiger partial charge in [-0.1, -0.05) is 0 Å². The zero-order chi connectivity index (χ0) is 13.7. The van der Waals surface area contributed by atoms with Crippen molar-refractivity contribution in [1.29, 1.82) is 0 Å². The first-order chi connectivity index (χ1) is 8.47. The lowest BCUT2D eigenvalue weighted by Gasteiger charge is -2.25. The minimum atomic E-state index is -0.450. The molecule has 0 atom stereocenters. The molecule has 0 aromatic carbocycles. The summed E-state index contributed by atoms with van der Waals surface area (Å²) in [6.07, 6.45) is 0. The van der Waals surface area contributed by atoms with E-state index in [2.05, 4.69) is 20.3 Å². The molecule has 1 aromatic rings. The van der Waals surface area contributed by atoms with E-state index in [0.29, 0.717) is 11.9 Å². The molecule has 8 nitrogen and oxygen atoms in total. The van der Waals surface area contributed by atoms with E-state index >= 15 is 0 Å². The molecular weight excluding hydrogens is 236 g/mol. The lowest BCUT2D eigenvalue weighted by molar-refractivity contribution is -0.116. The van der Waals surface area contributed by atoms with Gasteiger partial charge in [-0.3, -0.25) is 4.79 Å². The van der Waals surface area contributed by atoms with Gasteiger partial charge < -0.3 is 20.7 Å². The molecule has 3 N–H and O–H groups in total. The third kappa shape index (κ3) is 3.44. The van der Waals surface area contributed by atoms with Crippen molar-refractivity contribution < 1.29 is 9.53 Å². The van der Waals surface area contributed by atoms with E-state index in [9.17, 15) is 4.79 Å². The van der Waals surface area contributed by atoms with Crippen molar-refractivity contribution in [3.8, 4) is 6.01 Å². The maximum absolute atomic E-state index is 11.1. The van der Waals surface area contributed by atoms with Crippen LogP contribution in [0.25, 0.3) is 0 Å². The van der Waals surface area contributed by atoms with Gasteiger partial charge in [-0.2, -0.15) is 15.0 Å². The molecule has 0 aliphatic rings. The summed E-state index contributed by atoms with van der Waals surface area (Å²) in [6, 6.07) is 0.203. The van der Waals surface area contributed by atoms with Gasteiger partial charge in [0.1, 0.15) is 0 Å². The number of nitrogens with two attached hydrogens (primary N) is 1. The number of hydrogen-bond acceptors (Lipinski definition) is 7. The fourth-order valence-corrected chi connectivity index (χ4v) is 1.33. The highest BCUT2D eigenvalue weighted by molar-refractivity contribution is 5.79. The average molecular weight is 254 g/mol. The van der Waals surface area contributed by atoms with Crippen molar-refractivity contribution in [2.24, 2.45) is 5.73 Å². The summed E-state index contributed by atoms with van der Waals surface area (Å²) >= 11 is 0. The van der Waals surface area contributed by atoms with Crippen molar-refractivity contribution >= 4 is 17.8 Å². The summed E-state index contributed by atoms with van der Waals surface area (Å²) < 4.78 is 4.99. The topological polar surface area (TPSA) is 106 Å². The van der Waals surface area contributed by atoms with E-state index in [1.807, 2.05) is 13.8 Å². The predicted molar refractivity (Wildman–Crippen MR) is 67.6 cm³/mol. The van der Waals surface area contributed by atoms with Crippen molar-refractivity contribution in [3.05, 3.63) is 0 Å². The lowest BCUT2D eigenvalue weighted by atomic mass is 10.3. The normalized spacial score (nSPS) is 10.3. The summed E-state index contributed by atoms with van der Waals surface area (Å²) in [5.74, 6) is 0.265. The molecule has 100 valence electrons. The van der Waals surface area contributed by atoms with E-state index in [1.165, 1.54) is 7.11 Å². The minimum Gasteiger partial charge on any atom is -0.467 e. The predicted octanol–water partition coefficient (Wildman–Crippen LogP) is -0.378. The first-order valence-corrected chi connectivity index (χ1v) is 5.50. The number of primary amides is 1. The fraction of sp³-hybridized carbons (Fsp3) is 0.600. The van der Waals surface area contributed by atoms with E-state index < -0.39 is 5.91 Å². The zero-order valence-corrected chi connectivity index (χ0v) is 11.0. The molecule has 0 spiro atoms. The Labute approximate surface area is 106 Å². The highest BCUT2D eigenvalue weighted by Crippen LogP contribution is 2.16. The molecule has 0 aliphatic carbocycles. The van der Waals surface area contributed by atoms with E-state index in [-0.39, 0.29) is 18.6 Å². The second-order valence-corrected chi connectivity index (χ2v) is 3.88. The number of hydrogen-bond donors (Lipinski definition) is 2. The number of ether oxygens (including phenoxy) is 1. The molecule has 0 saturated heterocycles. The molecular formula is C10H18N6O2. The van der Waals surface area contributed by atoms with Gasteiger partial charge >= 0.3 is 6.01 Å². The lowest BCUT2D eigenvalue weighted by Crippen LogP contribution is -2.39. The Bertz CT molecular complexity index is 401. The van der Waals surface area contributed by atoms with Crippen LogP contribution in [-0.2, 0) is 4.79 Å². The van der Waals surface area contributed by atoms with Gasteiger partial charge in [0.25, 0.3) is 0 Å². The van der Waals surface area contributed by atoms with Crippen LogP contribution in [0.3, 0.4) is 0 Å². The number of carbonyl (C=O) groups excluding carboxylic acids is 1. The van der Waals surface area contributed by atoms with Crippen LogP contribution in [0.2, 0.25) is 0 Å². The zero-order valence-electron chi connectivity index (χ0n) is 11.0. The van der Waals surface area contributed by atoms with Gasteiger partial charge in [0.05, 0.1) is 13.7 Å². The maximum atomic E-state index is 11.1. The third-order valence-electron chi connectivity index (χ3n) is 2.22. The molecule has 8 heteroatoms. The highest BCUT2D eigenvalue weighted by atomic mass is 16.5. The van der Waals surface area contributed by atoms with Crippen LogP contribution in [0.4, 0.5) is 11.9 Å². The Balaban J connectivity index is 3.13. The van der Waals surface area contributed by atoms with Gasteiger partial charge in [-0.15, -0.1) is 0 Å². The molecule has 0 radical (unpaired) electrons. The summed E-state index contributed by atoms with van der Waals surface area (Å²) in [6.45, 7) is 3.87. The molecule has 0 fully saturated rings. The Morgan fingerprint density at radius 2 is 2.11 bits per heavy atom. The van der Waals surface area contributed by atoms with Crippen LogP contribution in [0.1, 0.15) is 13.8 Å². The smallest absolute Gasteiger partial charge is 0.322 e. The molecule has 1 aromatic heterocycles. The van der Waals surface area contributed by atoms with Crippen LogP contribution >= 0.6 is 0 Å². The second kappa shape index (κ2) is 5.99. The van der Waals surface area contributed by atoms with Crippen molar-refractivity contribution in [3.63, 3.8) is 0 Å². The molecule has 0 unspecified atom stereocenters. The van der Waals surface area contributed by atoms with Crippen molar-refractivity contribution in [2.75, 3.05) is 30.9 Å². The number of nitrogens with one attached hydrogen (secondary N) is 1. The van der Waals surface area contributed by atoms with Gasteiger partial charge in [-0.25, -0.2) is 0 Å². The van der Waals surface area contributed by atoms with Gasteiger partial charge in [0, 0.05) is 13.1 Å². The Hall–Kier alpha value is -2.12. The van der Waals surface area contributed by atoms with E-state index in [0.717, 1.165) is 0 Å². The van der Waals surface area contributed by atoms with E-state index in [1.54, 1.807) is 11.9 Å². The number of nitrogens with zero attached hydrogens (tertiary/aromatic N) is 4. The number of methoxy groups -OCH3 is 1. The minimum absolute atomic E-state index is 0.0225. The number of carbonyl (C=O) groups is 1. The van der Waals surface area contributed by atoms with Crippen LogP contribution < -0.4 is 20.7 Å². The van der Waals surface area contributed by atoms with E-state index in [4.69, 9.17) is 10.5 Å². The third-order valence-corrected chi connectivity index (χ3v) is 2.22. The first-order valence-electron chi connectivity index (χ1n) is 5.50. The maximum Gasteiger partial charge on any atom is 0.322 e. The molecule has 0 aliphatic heterocycles. The summed E-state index contributed by atoms with van der Waals surface area (Å²) in [4.78, 5) is 25.0. The molecule has 18 heavy (non-hydrogen) atoms. The largest absolute Gasteiger partial charge is 0.467 e. The Morgan fingerprint density at radius 3 is 2.56 bits per heavy atom. The quantitative estimate of drug-likeness (QED) is 0.712. The monoisotopic (exact) mass is 254 g/mol. The van der Waals surface area contributed by atoms with Crippen LogP contribution in [0.15, 0.2) is 0 Å². The molecule has 0 saturated carbocycles. The van der Waals surface area contributed by atoms with Gasteiger partial charge in [0.15, 0.2) is 0 Å². The Kier molecular flexibility index (Phi) is 4.64. The highest BCUT2D eigenvalue weighted by Gasteiger charge is 2.18. The number of anilines is 2. The van der Waals surface area contributed by atoms with Crippen molar-refractivity contribution in [1.82, 2.24) is 15.0 Å². The van der Waals surface area contributed by atoms with Gasteiger partial charge in [-0.05, 0) is 13.8 Å². The Morgan fingerprint density at radius 1 is 1.44 bits per heavy atom. The average Bonchev–Trinajstić information content (AvgIpc) is 2.34. The second-order valence-electron chi connectivity index (χ2n) is 3.88. The molecule has 1 rings (SSSR count). The van der Waals surface area contributed by atoms with Gasteiger partial charge in [0.2, 0.25) is 17.8 Å². The van der Waals surface area contributed by atoms with Crippen LogP contribution in [0, 0.1) is 0 Å². The van der Waals surface area contributed by atoms with Crippen LogP contribution in [0.5, 0.6) is 6.01 Å². The standard InChI is InChI=1S/C10H18N6O2/c1-6(2)16(5-7(11)17)9-13-8(12-3)14-10(15-9)18-4/h6H,5H2,1-4H3,(H2,11,17)(H,12,13,14,15). The number of rotatable bonds is 6. The SMILES string of the molecule is CNc1nc(OC)nc(N(CC(N)=O)C(C)C)n1. The molecule has 0 bridgehead atoms. The summed E-state index contributed by atoms with van der Waals surface area (Å²) in [5, 5.41) is 2.80. The molecule has 1 amide bonds. The fourth-order valence-electron chi connectivity index (χ4n) is 1.33.